The molecule has 1 aromatic heterocycles. The minimum absolute atomic E-state index is 0.163. The van der Waals surface area contributed by atoms with Crippen LogP contribution in [-0.2, 0) is 0 Å². The quantitative estimate of drug-likeness (QED) is 0.795. The van der Waals surface area contributed by atoms with E-state index in [9.17, 15) is 0 Å². The molecular weight excluding hydrogens is 250 g/mol. The van der Waals surface area contributed by atoms with Crippen molar-refractivity contribution in [3.05, 3.63) is 41.2 Å². The largest absolute Gasteiger partial charge is 0.494 e. The van der Waals surface area contributed by atoms with Gasteiger partial charge in [0.1, 0.15) is 17.4 Å². The molecule has 0 aliphatic carbocycles. The van der Waals surface area contributed by atoms with Crippen molar-refractivity contribution >= 4 is 11.6 Å². The number of ether oxygens (including phenoxy) is 1. The van der Waals surface area contributed by atoms with Gasteiger partial charge in [-0.2, -0.15) is 5.26 Å². The first-order chi connectivity index (χ1) is 8.74. The average Bonchev–Trinajstić information content (AvgIpc) is 2.40. The molecule has 1 heterocycles. The van der Waals surface area contributed by atoms with Crippen LogP contribution in [0.1, 0.15) is 12.5 Å². The summed E-state index contributed by atoms with van der Waals surface area (Å²) in [6.45, 7) is 2.55. The Morgan fingerprint density at radius 1 is 1.33 bits per heavy atom. The number of nitrogens with zero attached hydrogens (tertiary/aromatic N) is 3. The lowest BCUT2D eigenvalue weighted by atomic mass is 10.2. The molecule has 0 N–H and O–H groups in total. The van der Waals surface area contributed by atoms with Crippen molar-refractivity contribution in [2.75, 3.05) is 6.61 Å². The first kappa shape index (κ1) is 12.3. The van der Waals surface area contributed by atoms with Crippen molar-refractivity contribution in [2.45, 2.75) is 6.92 Å². The van der Waals surface area contributed by atoms with Crippen molar-refractivity contribution < 1.29 is 4.74 Å². The SMILES string of the molecule is CCOc1ccc(-c2ncc(C#N)c(Cl)n2)cc1. The van der Waals surface area contributed by atoms with E-state index < -0.39 is 0 Å². The summed E-state index contributed by atoms with van der Waals surface area (Å²) in [6, 6.07) is 9.31. The molecule has 0 saturated carbocycles. The molecule has 4 nitrogen and oxygen atoms in total. The summed E-state index contributed by atoms with van der Waals surface area (Å²) >= 11 is 5.86. The predicted octanol–water partition coefficient (Wildman–Crippen LogP) is 3.07. The Balaban J connectivity index is 2.31. The lowest BCUT2D eigenvalue weighted by Crippen LogP contribution is -1.93. The zero-order valence-electron chi connectivity index (χ0n) is 9.72. The van der Waals surface area contributed by atoms with Crippen LogP contribution in [0.15, 0.2) is 30.5 Å². The van der Waals surface area contributed by atoms with Gasteiger partial charge in [0.25, 0.3) is 0 Å². The third-order valence-corrected chi connectivity index (χ3v) is 2.57. The van der Waals surface area contributed by atoms with Gasteiger partial charge in [0.05, 0.1) is 12.8 Å². The van der Waals surface area contributed by atoms with Gasteiger partial charge in [-0.15, -0.1) is 0 Å². The van der Waals surface area contributed by atoms with E-state index in [4.69, 9.17) is 21.6 Å². The zero-order chi connectivity index (χ0) is 13.0. The molecule has 0 bridgehead atoms. The molecule has 5 heteroatoms. The monoisotopic (exact) mass is 259 g/mol. The highest BCUT2D eigenvalue weighted by Gasteiger charge is 2.06. The Labute approximate surface area is 110 Å². The van der Waals surface area contributed by atoms with Crippen LogP contribution in [0.25, 0.3) is 11.4 Å². The summed E-state index contributed by atoms with van der Waals surface area (Å²) in [7, 11) is 0. The summed E-state index contributed by atoms with van der Waals surface area (Å²) in [5, 5.41) is 8.91. The fourth-order valence-corrected chi connectivity index (χ4v) is 1.61. The number of nitriles is 1. The Hall–Kier alpha value is -2.12. The summed E-state index contributed by atoms with van der Waals surface area (Å²) < 4.78 is 5.35. The van der Waals surface area contributed by atoms with Gasteiger partial charge < -0.3 is 4.74 Å². The highest BCUT2D eigenvalue weighted by molar-refractivity contribution is 6.30. The fourth-order valence-electron chi connectivity index (χ4n) is 1.44. The van der Waals surface area contributed by atoms with Gasteiger partial charge >= 0.3 is 0 Å². The Bertz CT molecular complexity index is 590. The zero-order valence-corrected chi connectivity index (χ0v) is 10.5. The van der Waals surface area contributed by atoms with Crippen LogP contribution in [0.5, 0.6) is 5.75 Å². The van der Waals surface area contributed by atoms with Gasteiger partial charge in [-0.3, -0.25) is 0 Å². The number of hydrogen-bond donors (Lipinski definition) is 0. The molecule has 0 saturated heterocycles. The van der Waals surface area contributed by atoms with Crippen molar-refractivity contribution in [1.82, 2.24) is 9.97 Å². The molecule has 0 unspecified atom stereocenters. The second-order valence-electron chi connectivity index (χ2n) is 3.47. The minimum Gasteiger partial charge on any atom is -0.494 e. The average molecular weight is 260 g/mol. The van der Waals surface area contributed by atoms with E-state index in [-0.39, 0.29) is 10.7 Å². The molecule has 90 valence electrons. The number of aromatic nitrogens is 2. The standard InChI is InChI=1S/C13H10ClN3O/c1-2-18-11-5-3-9(4-6-11)13-16-8-10(7-15)12(14)17-13/h3-6,8H,2H2,1H3. The molecule has 0 aliphatic heterocycles. The topological polar surface area (TPSA) is 58.8 Å². The van der Waals surface area contributed by atoms with E-state index in [1.807, 2.05) is 37.3 Å². The van der Waals surface area contributed by atoms with E-state index in [0.717, 1.165) is 11.3 Å². The maximum absolute atomic E-state index is 8.74. The van der Waals surface area contributed by atoms with Gasteiger partial charge in [0, 0.05) is 5.56 Å². The molecule has 0 radical (unpaired) electrons. The number of halogens is 1. The van der Waals surface area contributed by atoms with Crippen molar-refractivity contribution in [3.8, 4) is 23.2 Å². The Morgan fingerprint density at radius 3 is 2.61 bits per heavy atom. The maximum atomic E-state index is 8.74. The minimum atomic E-state index is 0.163. The molecule has 2 aromatic rings. The third kappa shape index (κ3) is 2.58. The van der Waals surface area contributed by atoms with Crippen LogP contribution in [0.2, 0.25) is 5.15 Å². The molecule has 0 atom stereocenters. The van der Waals surface area contributed by atoms with Crippen LogP contribution >= 0.6 is 11.6 Å². The number of hydrogen-bond acceptors (Lipinski definition) is 4. The first-order valence-electron chi connectivity index (χ1n) is 5.40. The van der Waals surface area contributed by atoms with Crippen molar-refractivity contribution in [1.29, 1.82) is 5.26 Å². The fraction of sp³-hybridized carbons (Fsp3) is 0.154. The lowest BCUT2D eigenvalue weighted by Gasteiger charge is -2.04. The van der Waals surface area contributed by atoms with Gasteiger partial charge in [0.15, 0.2) is 11.0 Å². The van der Waals surface area contributed by atoms with E-state index in [2.05, 4.69) is 9.97 Å². The lowest BCUT2D eigenvalue weighted by molar-refractivity contribution is 0.340. The van der Waals surface area contributed by atoms with Gasteiger partial charge in [-0.1, -0.05) is 11.6 Å². The van der Waals surface area contributed by atoms with E-state index in [1.165, 1.54) is 6.20 Å². The van der Waals surface area contributed by atoms with Crippen LogP contribution in [-0.4, -0.2) is 16.6 Å². The highest BCUT2D eigenvalue weighted by Crippen LogP contribution is 2.21. The van der Waals surface area contributed by atoms with Gasteiger partial charge in [-0.05, 0) is 31.2 Å². The smallest absolute Gasteiger partial charge is 0.160 e. The molecule has 0 aliphatic rings. The summed E-state index contributed by atoms with van der Waals surface area (Å²) in [4.78, 5) is 8.18. The Kier molecular flexibility index (Phi) is 3.75. The van der Waals surface area contributed by atoms with E-state index in [1.54, 1.807) is 0 Å². The van der Waals surface area contributed by atoms with Crippen molar-refractivity contribution in [3.63, 3.8) is 0 Å². The van der Waals surface area contributed by atoms with E-state index >= 15 is 0 Å². The van der Waals surface area contributed by atoms with Crippen LogP contribution in [0.4, 0.5) is 0 Å². The maximum Gasteiger partial charge on any atom is 0.160 e. The molecule has 2 rings (SSSR count). The molecule has 0 fully saturated rings. The Morgan fingerprint density at radius 2 is 2.06 bits per heavy atom. The predicted molar refractivity (Wildman–Crippen MR) is 68.4 cm³/mol. The highest BCUT2D eigenvalue weighted by atomic mass is 35.5. The first-order valence-corrected chi connectivity index (χ1v) is 5.78. The third-order valence-electron chi connectivity index (χ3n) is 2.29. The number of benzene rings is 1. The normalized spacial score (nSPS) is 9.83. The second-order valence-corrected chi connectivity index (χ2v) is 3.83. The van der Waals surface area contributed by atoms with Crippen LogP contribution < -0.4 is 4.74 Å². The number of rotatable bonds is 3. The summed E-state index contributed by atoms with van der Waals surface area (Å²) in [6.07, 6.45) is 1.42. The molecule has 0 amide bonds. The van der Waals surface area contributed by atoms with Crippen LogP contribution in [0.3, 0.4) is 0 Å². The summed E-state index contributed by atoms with van der Waals surface area (Å²) in [5.74, 6) is 1.28. The van der Waals surface area contributed by atoms with Gasteiger partial charge in [-0.25, -0.2) is 9.97 Å². The van der Waals surface area contributed by atoms with Crippen LogP contribution in [0, 0.1) is 11.3 Å². The summed E-state index contributed by atoms with van der Waals surface area (Å²) in [5.41, 5.74) is 1.09. The molecular formula is C13H10ClN3O. The molecule has 0 spiro atoms. The van der Waals surface area contributed by atoms with Crippen molar-refractivity contribution in [2.24, 2.45) is 0 Å². The van der Waals surface area contributed by atoms with E-state index in [0.29, 0.717) is 12.4 Å². The second kappa shape index (κ2) is 5.48. The van der Waals surface area contributed by atoms with Gasteiger partial charge in [0.2, 0.25) is 0 Å². The molecule has 1 aromatic carbocycles. The molecule has 18 heavy (non-hydrogen) atoms.